The molecule has 0 amide bonds. The summed E-state index contributed by atoms with van der Waals surface area (Å²) in [6, 6.07) is 0. The van der Waals surface area contributed by atoms with E-state index in [9.17, 15) is 0 Å². The Kier molecular flexibility index (Phi) is 1.82. The minimum Gasteiger partial charge on any atom is -0.473 e. The van der Waals surface area contributed by atoms with Crippen molar-refractivity contribution in [1.82, 2.24) is 9.97 Å². The van der Waals surface area contributed by atoms with E-state index in [2.05, 4.69) is 25.9 Å². The maximum absolute atomic E-state index is 4.96. The summed E-state index contributed by atoms with van der Waals surface area (Å²) in [5, 5.41) is 0.672. The van der Waals surface area contributed by atoms with Crippen molar-refractivity contribution in [2.45, 2.75) is 0 Å². The molecule has 2 aromatic rings. The molecule has 0 atom stereocenters. The molecule has 6 heteroatoms. The van der Waals surface area contributed by atoms with Crippen molar-refractivity contribution in [3.63, 3.8) is 0 Å². The molecular formula is C5H3BrN2OS2. The monoisotopic (exact) mass is 250 g/mol. The van der Waals surface area contributed by atoms with Crippen LogP contribution in [0, 0.1) is 0 Å². The largest absolute Gasteiger partial charge is 0.473 e. The molecule has 11 heavy (non-hydrogen) atoms. The molecule has 0 N–H and O–H groups in total. The van der Waals surface area contributed by atoms with Crippen LogP contribution in [0.25, 0.3) is 9.66 Å². The Morgan fingerprint density at radius 1 is 1.27 bits per heavy atom. The third-order valence-corrected chi connectivity index (χ3v) is 3.55. The topological polar surface area (TPSA) is 35.0 Å². The molecular weight excluding hydrogens is 248 g/mol. The summed E-state index contributed by atoms with van der Waals surface area (Å²) >= 11 is 6.25. The fourth-order valence-corrected chi connectivity index (χ4v) is 3.02. The van der Waals surface area contributed by atoms with Crippen LogP contribution in [0.5, 0.6) is 5.19 Å². The Bertz CT molecular complexity index is 351. The Morgan fingerprint density at radius 2 is 2.00 bits per heavy atom. The van der Waals surface area contributed by atoms with E-state index in [1.807, 2.05) is 0 Å². The van der Waals surface area contributed by atoms with Crippen LogP contribution in [0.1, 0.15) is 0 Å². The first-order chi connectivity index (χ1) is 5.29. The van der Waals surface area contributed by atoms with Gasteiger partial charge in [-0.25, -0.2) is 4.98 Å². The minimum atomic E-state index is 0.672. The van der Waals surface area contributed by atoms with E-state index in [1.54, 1.807) is 7.11 Å². The predicted octanol–water partition coefficient (Wildman–Crippen LogP) is 2.52. The average Bonchev–Trinajstić information content (AvgIpc) is 2.43. The quantitative estimate of drug-likeness (QED) is 0.781. The number of halogens is 1. The molecule has 58 valence electrons. The molecule has 0 spiro atoms. The highest BCUT2D eigenvalue weighted by Gasteiger charge is 2.07. The molecule has 0 aliphatic rings. The molecule has 0 aliphatic heterocycles. The fraction of sp³-hybridized carbons (Fsp3) is 0.200. The lowest BCUT2D eigenvalue weighted by Crippen LogP contribution is -1.77. The van der Waals surface area contributed by atoms with Gasteiger partial charge < -0.3 is 4.74 Å². The zero-order valence-corrected chi connectivity index (χ0v) is 8.72. The highest BCUT2D eigenvalue weighted by Crippen LogP contribution is 2.32. The first kappa shape index (κ1) is 7.45. The Balaban J connectivity index is 2.64. The fourth-order valence-electron chi connectivity index (χ4n) is 0.687. The van der Waals surface area contributed by atoms with E-state index in [0.717, 1.165) is 13.6 Å². The summed E-state index contributed by atoms with van der Waals surface area (Å²) in [5.41, 5.74) is 0. The smallest absolute Gasteiger partial charge is 0.276 e. The maximum Gasteiger partial charge on any atom is 0.276 e. The van der Waals surface area contributed by atoms with Gasteiger partial charge in [-0.3, -0.25) is 0 Å². The lowest BCUT2D eigenvalue weighted by molar-refractivity contribution is 0.413. The molecule has 2 aromatic heterocycles. The van der Waals surface area contributed by atoms with Crippen LogP contribution in [0.2, 0.25) is 0 Å². The van der Waals surface area contributed by atoms with E-state index in [1.165, 1.54) is 22.7 Å². The molecule has 0 aromatic carbocycles. The van der Waals surface area contributed by atoms with E-state index >= 15 is 0 Å². The zero-order chi connectivity index (χ0) is 7.84. The highest BCUT2D eigenvalue weighted by molar-refractivity contribution is 9.11. The van der Waals surface area contributed by atoms with Crippen LogP contribution in [-0.4, -0.2) is 17.1 Å². The number of rotatable bonds is 1. The van der Waals surface area contributed by atoms with Crippen LogP contribution in [0.15, 0.2) is 3.92 Å². The van der Waals surface area contributed by atoms with Gasteiger partial charge in [0.05, 0.1) is 7.11 Å². The van der Waals surface area contributed by atoms with Gasteiger partial charge >= 0.3 is 0 Å². The summed E-state index contributed by atoms with van der Waals surface area (Å²) in [7, 11) is 1.61. The first-order valence-corrected chi connectivity index (χ1v) is 5.19. The molecule has 0 radical (unpaired) electrons. The van der Waals surface area contributed by atoms with Crippen LogP contribution in [0.4, 0.5) is 0 Å². The number of hydrogen-bond donors (Lipinski definition) is 0. The molecule has 2 heterocycles. The maximum atomic E-state index is 4.96. The average molecular weight is 251 g/mol. The third-order valence-electron chi connectivity index (χ3n) is 1.10. The van der Waals surface area contributed by atoms with Gasteiger partial charge in [0.15, 0.2) is 13.6 Å². The Labute approximate surface area is 79.2 Å². The van der Waals surface area contributed by atoms with Gasteiger partial charge in [0, 0.05) is 0 Å². The van der Waals surface area contributed by atoms with Crippen molar-refractivity contribution >= 4 is 48.3 Å². The number of methoxy groups -OCH3 is 1. The Hall–Kier alpha value is -0.200. The SMILES string of the molecule is COc1nc2sc(Br)nc2s1. The lowest BCUT2D eigenvalue weighted by Gasteiger charge is -1.85. The van der Waals surface area contributed by atoms with Gasteiger partial charge in [-0.05, 0) is 15.9 Å². The molecule has 3 nitrogen and oxygen atoms in total. The minimum absolute atomic E-state index is 0.672. The summed E-state index contributed by atoms with van der Waals surface area (Å²) in [6.45, 7) is 0. The Morgan fingerprint density at radius 3 is 2.64 bits per heavy atom. The number of nitrogens with zero attached hydrogens (tertiary/aromatic N) is 2. The van der Waals surface area contributed by atoms with Crippen molar-refractivity contribution in [3.05, 3.63) is 3.92 Å². The van der Waals surface area contributed by atoms with Gasteiger partial charge in [-0.15, -0.1) is 0 Å². The number of hydrogen-bond acceptors (Lipinski definition) is 5. The van der Waals surface area contributed by atoms with E-state index in [-0.39, 0.29) is 0 Å². The molecule has 0 aliphatic carbocycles. The van der Waals surface area contributed by atoms with Crippen molar-refractivity contribution in [2.75, 3.05) is 7.11 Å². The predicted molar refractivity (Wildman–Crippen MR) is 49.5 cm³/mol. The van der Waals surface area contributed by atoms with Gasteiger partial charge in [0.25, 0.3) is 5.19 Å². The number of thiazole rings is 2. The summed E-state index contributed by atoms with van der Waals surface area (Å²) in [6.07, 6.45) is 0. The first-order valence-electron chi connectivity index (χ1n) is 2.76. The van der Waals surface area contributed by atoms with Gasteiger partial charge in [-0.1, -0.05) is 22.7 Å². The summed E-state index contributed by atoms with van der Waals surface area (Å²) in [5.74, 6) is 0. The van der Waals surface area contributed by atoms with Crippen LogP contribution >= 0.6 is 38.6 Å². The second-order valence-electron chi connectivity index (χ2n) is 1.76. The summed E-state index contributed by atoms with van der Waals surface area (Å²) in [4.78, 5) is 10.2. The van der Waals surface area contributed by atoms with Gasteiger partial charge in [-0.2, -0.15) is 4.98 Å². The molecule has 0 saturated carbocycles. The lowest BCUT2D eigenvalue weighted by atomic mass is 10.9. The molecule has 0 saturated heterocycles. The van der Waals surface area contributed by atoms with E-state index < -0.39 is 0 Å². The molecule has 2 rings (SSSR count). The second kappa shape index (κ2) is 2.69. The standard InChI is InChI=1S/C5H3BrN2OS2/c1-9-5-8-3-2(11-5)7-4(6)10-3/h1H3. The van der Waals surface area contributed by atoms with Crippen molar-refractivity contribution in [3.8, 4) is 5.19 Å². The van der Waals surface area contributed by atoms with Crippen molar-refractivity contribution in [1.29, 1.82) is 0 Å². The van der Waals surface area contributed by atoms with Crippen LogP contribution in [0.3, 0.4) is 0 Å². The number of aromatic nitrogens is 2. The van der Waals surface area contributed by atoms with Gasteiger partial charge in [0.2, 0.25) is 0 Å². The summed E-state index contributed by atoms with van der Waals surface area (Å²) < 4.78 is 5.83. The molecule has 0 bridgehead atoms. The number of ether oxygens (including phenoxy) is 1. The van der Waals surface area contributed by atoms with Crippen molar-refractivity contribution in [2.24, 2.45) is 0 Å². The second-order valence-corrected chi connectivity index (χ2v) is 4.95. The third kappa shape index (κ3) is 1.25. The van der Waals surface area contributed by atoms with E-state index in [0.29, 0.717) is 5.19 Å². The van der Waals surface area contributed by atoms with Gasteiger partial charge in [0.1, 0.15) is 0 Å². The highest BCUT2D eigenvalue weighted by atomic mass is 79.9. The zero-order valence-electron chi connectivity index (χ0n) is 5.50. The normalized spacial score (nSPS) is 10.7. The van der Waals surface area contributed by atoms with Crippen LogP contribution in [-0.2, 0) is 0 Å². The van der Waals surface area contributed by atoms with Crippen LogP contribution < -0.4 is 4.74 Å². The molecule has 0 fully saturated rings. The van der Waals surface area contributed by atoms with Crippen molar-refractivity contribution < 1.29 is 4.74 Å². The molecule has 0 unspecified atom stereocenters. The van der Waals surface area contributed by atoms with E-state index in [4.69, 9.17) is 4.74 Å². The number of fused-ring (bicyclic) bond motifs is 1.